The number of carbonyl (C=O) groups excluding carboxylic acids is 1. The van der Waals surface area contributed by atoms with E-state index in [2.05, 4.69) is 22.4 Å². The number of aromatic amines is 1. The number of para-hydroxylation sites is 1. The maximum absolute atomic E-state index is 12.4. The van der Waals surface area contributed by atoms with Crippen LogP contribution in [0.15, 0.2) is 35.1 Å². The fourth-order valence-corrected chi connectivity index (χ4v) is 3.46. The summed E-state index contributed by atoms with van der Waals surface area (Å²) in [6, 6.07) is 9.47. The number of amides is 2. The van der Waals surface area contributed by atoms with Crippen LogP contribution in [-0.4, -0.2) is 45.3 Å². The van der Waals surface area contributed by atoms with E-state index >= 15 is 0 Å². The SMILES string of the molecule is CCCCCNC(=O)N1CCCC(c2n[nH]c(=O)n2-c2ccccc2)C1. The number of unbranched alkanes of at least 4 members (excludes halogenated alkanes) is 2. The maximum Gasteiger partial charge on any atom is 0.347 e. The number of nitrogens with zero attached hydrogens (tertiary/aromatic N) is 3. The van der Waals surface area contributed by atoms with Crippen molar-refractivity contribution in [3.63, 3.8) is 0 Å². The first kappa shape index (κ1) is 18.2. The third kappa shape index (κ3) is 4.15. The minimum absolute atomic E-state index is 0.0186. The molecule has 1 aliphatic heterocycles. The Labute approximate surface area is 153 Å². The molecule has 0 bridgehead atoms. The van der Waals surface area contributed by atoms with E-state index in [-0.39, 0.29) is 17.6 Å². The Bertz CT molecular complexity index is 768. The highest BCUT2D eigenvalue weighted by atomic mass is 16.2. The van der Waals surface area contributed by atoms with Gasteiger partial charge in [-0.05, 0) is 31.4 Å². The van der Waals surface area contributed by atoms with Crippen molar-refractivity contribution in [1.29, 1.82) is 0 Å². The smallest absolute Gasteiger partial charge is 0.338 e. The Morgan fingerprint density at radius 2 is 2.12 bits per heavy atom. The van der Waals surface area contributed by atoms with Gasteiger partial charge in [-0.15, -0.1) is 0 Å². The van der Waals surface area contributed by atoms with E-state index in [1.54, 1.807) is 4.57 Å². The van der Waals surface area contributed by atoms with Crippen molar-refractivity contribution in [2.45, 2.75) is 44.9 Å². The topological polar surface area (TPSA) is 83.0 Å². The summed E-state index contributed by atoms with van der Waals surface area (Å²) in [5.41, 5.74) is 0.551. The van der Waals surface area contributed by atoms with Gasteiger partial charge >= 0.3 is 11.7 Å². The van der Waals surface area contributed by atoms with Crippen LogP contribution in [0.5, 0.6) is 0 Å². The molecule has 1 fully saturated rings. The first-order chi connectivity index (χ1) is 12.7. The second-order valence-electron chi connectivity index (χ2n) is 6.78. The van der Waals surface area contributed by atoms with Crippen molar-refractivity contribution in [2.24, 2.45) is 0 Å². The third-order valence-corrected chi connectivity index (χ3v) is 4.84. The number of piperidine rings is 1. The van der Waals surface area contributed by atoms with E-state index in [0.717, 1.165) is 44.3 Å². The van der Waals surface area contributed by atoms with Crippen molar-refractivity contribution in [1.82, 2.24) is 25.0 Å². The number of urea groups is 1. The Kier molecular flexibility index (Phi) is 6.09. The molecule has 2 amide bonds. The molecule has 1 atom stereocenters. The second-order valence-corrected chi connectivity index (χ2v) is 6.78. The fraction of sp³-hybridized carbons (Fsp3) is 0.526. The predicted molar refractivity (Wildman–Crippen MR) is 101 cm³/mol. The van der Waals surface area contributed by atoms with Gasteiger partial charge in [0.2, 0.25) is 0 Å². The second kappa shape index (κ2) is 8.69. The Morgan fingerprint density at radius 3 is 2.88 bits per heavy atom. The van der Waals surface area contributed by atoms with Crippen molar-refractivity contribution < 1.29 is 4.79 Å². The lowest BCUT2D eigenvalue weighted by molar-refractivity contribution is 0.178. The molecule has 0 spiro atoms. The van der Waals surface area contributed by atoms with Gasteiger partial charge in [0, 0.05) is 25.6 Å². The first-order valence-electron chi connectivity index (χ1n) is 9.46. The summed E-state index contributed by atoms with van der Waals surface area (Å²) in [5.74, 6) is 0.744. The number of likely N-dealkylation sites (tertiary alicyclic amines) is 1. The lowest BCUT2D eigenvalue weighted by atomic mass is 9.97. The molecule has 1 aliphatic rings. The van der Waals surface area contributed by atoms with Gasteiger partial charge < -0.3 is 10.2 Å². The van der Waals surface area contributed by atoms with E-state index in [4.69, 9.17) is 0 Å². The number of nitrogens with one attached hydrogen (secondary N) is 2. The number of hydrogen-bond acceptors (Lipinski definition) is 3. The van der Waals surface area contributed by atoms with E-state index in [1.807, 2.05) is 35.2 Å². The summed E-state index contributed by atoms with van der Waals surface area (Å²) in [7, 11) is 0. The Balaban J connectivity index is 1.71. The minimum atomic E-state index is -0.243. The van der Waals surface area contributed by atoms with Crippen LogP contribution >= 0.6 is 0 Å². The normalized spacial score (nSPS) is 17.3. The molecule has 140 valence electrons. The van der Waals surface area contributed by atoms with Gasteiger partial charge in [-0.25, -0.2) is 19.3 Å². The van der Waals surface area contributed by atoms with Crippen LogP contribution < -0.4 is 11.0 Å². The molecule has 2 aromatic rings. The van der Waals surface area contributed by atoms with Gasteiger partial charge in [0.05, 0.1) is 5.69 Å². The molecular weight excluding hydrogens is 330 g/mol. The van der Waals surface area contributed by atoms with E-state index < -0.39 is 0 Å². The molecule has 2 N–H and O–H groups in total. The molecule has 7 nitrogen and oxygen atoms in total. The molecule has 7 heteroatoms. The van der Waals surface area contributed by atoms with Crippen LogP contribution in [-0.2, 0) is 0 Å². The van der Waals surface area contributed by atoms with Gasteiger partial charge in [0.15, 0.2) is 0 Å². The van der Waals surface area contributed by atoms with Crippen molar-refractivity contribution >= 4 is 6.03 Å². The minimum Gasteiger partial charge on any atom is -0.338 e. The average molecular weight is 357 g/mol. The molecule has 1 unspecified atom stereocenters. The van der Waals surface area contributed by atoms with Crippen LogP contribution in [0.3, 0.4) is 0 Å². The first-order valence-corrected chi connectivity index (χ1v) is 9.46. The summed E-state index contributed by atoms with van der Waals surface area (Å²) >= 11 is 0. The number of aromatic nitrogens is 3. The molecule has 0 aliphatic carbocycles. The van der Waals surface area contributed by atoms with Gasteiger partial charge in [-0.1, -0.05) is 38.0 Å². The van der Waals surface area contributed by atoms with Crippen LogP contribution in [0.1, 0.15) is 50.8 Å². The summed E-state index contributed by atoms with van der Waals surface area (Å²) < 4.78 is 1.62. The zero-order valence-electron chi connectivity index (χ0n) is 15.3. The van der Waals surface area contributed by atoms with Crippen LogP contribution in [0.25, 0.3) is 5.69 Å². The zero-order chi connectivity index (χ0) is 18.4. The number of benzene rings is 1. The Hall–Kier alpha value is -2.57. The molecule has 0 radical (unpaired) electrons. The molecule has 1 aromatic heterocycles. The molecule has 2 heterocycles. The molecule has 3 rings (SSSR count). The highest BCUT2D eigenvalue weighted by Crippen LogP contribution is 2.26. The van der Waals surface area contributed by atoms with Crippen LogP contribution in [0.2, 0.25) is 0 Å². The number of carbonyl (C=O) groups is 1. The average Bonchev–Trinajstić information content (AvgIpc) is 3.07. The maximum atomic E-state index is 12.4. The van der Waals surface area contributed by atoms with E-state index in [1.165, 1.54) is 0 Å². The van der Waals surface area contributed by atoms with Crippen molar-refractivity contribution in [3.8, 4) is 5.69 Å². The van der Waals surface area contributed by atoms with Gasteiger partial charge in [0.1, 0.15) is 5.82 Å². The fourth-order valence-electron chi connectivity index (χ4n) is 3.46. The number of H-pyrrole nitrogens is 1. The lowest BCUT2D eigenvalue weighted by Gasteiger charge is -2.32. The quantitative estimate of drug-likeness (QED) is 0.780. The van der Waals surface area contributed by atoms with Crippen molar-refractivity contribution in [3.05, 3.63) is 46.6 Å². The van der Waals surface area contributed by atoms with Crippen molar-refractivity contribution in [2.75, 3.05) is 19.6 Å². The molecule has 26 heavy (non-hydrogen) atoms. The molecule has 0 saturated carbocycles. The predicted octanol–water partition coefficient (Wildman–Crippen LogP) is 2.64. The van der Waals surface area contributed by atoms with E-state index in [9.17, 15) is 9.59 Å². The van der Waals surface area contributed by atoms with Crippen LogP contribution in [0, 0.1) is 0 Å². The number of rotatable bonds is 6. The summed E-state index contributed by atoms with van der Waals surface area (Å²) in [6.45, 7) is 4.19. The highest BCUT2D eigenvalue weighted by molar-refractivity contribution is 5.74. The molecule has 1 aromatic carbocycles. The molecule has 1 saturated heterocycles. The summed E-state index contributed by atoms with van der Waals surface area (Å²) in [4.78, 5) is 26.5. The standard InChI is InChI=1S/C19H27N5O2/c1-2-3-7-12-20-18(25)23-13-8-9-15(14-23)17-21-22-19(26)24(17)16-10-5-4-6-11-16/h4-6,10-11,15H,2-3,7-9,12-14H2,1H3,(H,20,25)(H,22,26). The summed E-state index contributed by atoms with van der Waals surface area (Å²) in [6.07, 6.45) is 5.09. The largest absolute Gasteiger partial charge is 0.347 e. The highest BCUT2D eigenvalue weighted by Gasteiger charge is 2.28. The zero-order valence-corrected chi connectivity index (χ0v) is 15.3. The van der Waals surface area contributed by atoms with Gasteiger partial charge in [0.25, 0.3) is 0 Å². The van der Waals surface area contributed by atoms with E-state index in [0.29, 0.717) is 18.9 Å². The Morgan fingerprint density at radius 1 is 1.31 bits per heavy atom. The van der Waals surface area contributed by atoms with Gasteiger partial charge in [-0.2, -0.15) is 5.10 Å². The lowest BCUT2D eigenvalue weighted by Crippen LogP contribution is -2.45. The number of hydrogen-bond donors (Lipinski definition) is 2. The monoisotopic (exact) mass is 357 g/mol. The molecular formula is C19H27N5O2. The third-order valence-electron chi connectivity index (χ3n) is 4.84. The summed E-state index contributed by atoms with van der Waals surface area (Å²) in [5, 5.41) is 9.83. The van der Waals surface area contributed by atoms with Gasteiger partial charge in [-0.3, -0.25) is 0 Å². The van der Waals surface area contributed by atoms with Crippen LogP contribution in [0.4, 0.5) is 4.79 Å².